The van der Waals surface area contributed by atoms with Gasteiger partial charge >= 0.3 is 5.97 Å². The number of aromatic amines is 1. The summed E-state index contributed by atoms with van der Waals surface area (Å²) in [6.45, 7) is 5.17. The van der Waals surface area contributed by atoms with Crippen molar-refractivity contribution < 1.29 is 14.3 Å². The third kappa shape index (κ3) is 5.61. The van der Waals surface area contributed by atoms with Gasteiger partial charge in [0.15, 0.2) is 0 Å². The van der Waals surface area contributed by atoms with E-state index in [1.54, 1.807) is 30.7 Å². The van der Waals surface area contributed by atoms with Crippen molar-refractivity contribution in [3.05, 3.63) is 41.2 Å². The number of anilines is 1. The Kier molecular flexibility index (Phi) is 8.40. The van der Waals surface area contributed by atoms with Crippen LogP contribution in [0.15, 0.2) is 40.4 Å². The molecule has 36 heavy (non-hydrogen) atoms. The van der Waals surface area contributed by atoms with Gasteiger partial charge in [-0.15, -0.1) is 0 Å². The summed E-state index contributed by atoms with van der Waals surface area (Å²) in [4.78, 5) is 44.5. The molecule has 1 amide bonds. The second kappa shape index (κ2) is 11.7. The number of ether oxygens (including phenoxy) is 1. The number of rotatable bonds is 10. The third-order valence-corrected chi connectivity index (χ3v) is 7.32. The molecule has 1 aromatic carbocycles. The number of aliphatic imine (C=N–C) groups is 1. The molecule has 4 rings (SSSR count). The Balaban J connectivity index is 1.50. The molecule has 2 N–H and O–H groups in total. The lowest BCUT2D eigenvalue weighted by atomic mass is 9.88. The molecule has 0 unspecified atom stereocenters. The Morgan fingerprint density at radius 1 is 1.31 bits per heavy atom. The number of fused-ring (bicyclic) bond motifs is 1. The second-order valence-electron chi connectivity index (χ2n) is 9.02. The van der Waals surface area contributed by atoms with Crippen LogP contribution >= 0.6 is 15.9 Å². The van der Waals surface area contributed by atoms with E-state index < -0.39 is 11.8 Å². The Labute approximate surface area is 218 Å². The minimum absolute atomic E-state index is 0.173. The molecule has 3 heterocycles. The highest BCUT2D eigenvalue weighted by molar-refractivity contribution is 9.10. The molecule has 3 aromatic rings. The molecule has 0 radical (unpaired) electrons. The van der Waals surface area contributed by atoms with Gasteiger partial charge in [-0.2, -0.15) is 0 Å². The van der Waals surface area contributed by atoms with Crippen LogP contribution in [0.3, 0.4) is 0 Å². The van der Waals surface area contributed by atoms with Crippen molar-refractivity contribution >= 4 is 50.5 Å². The van der Waals surface area contributed by atoms with Gasteiger partial charge in [-0.3, -0.25) is 19.5 Å². The smallest absolute Gasteiger partial charge is 0.310 e. The standard InChI is InChI=1S/C25H32BrN7O3/c1-4-5-6-11-36-24(35)18(12-17-13-27-15-32(17)3)16(2)23(34)33-10-9-28-25(33)31-19-7-8-20-22(21(19)26)30-14-29-20/h7-8,13-16,18H,4-6,9-12H2,1-3H3,(H,28,31)(H,29,30)/t16-,18+/m0/s1. The zero-order valence-electron chi connectivity index (χ0n) is 20.8. The lowest BCUT2D eigenvalue weighted by Gasteiger charge is -2.27. The highest BCUT2D eigenvalue weighted by Gasteiger charge is 2.37. The predicted molar refractivity (Wildman–Crippen MR) is 141 cm³/mol. The number of esters is 1. The van der Waals surface area contributed by atoms with Gasteiger partial charge in [-0.25, -0.2) is 9.97 Å². The van der Waals surface area contributed by atoms with Crippen LogP contribution in [0.1, 0.15) is 38.8 Å². The maximum absolute atomic E-state index is 13.7. The maximum atomic E-state index is 13.7. The van der Waals surface area contributed by atoms with Gasteiger partial charge in [0, 0.05) is 37.8 Å². The fourth-order valence-electron chi connectivity index (χ4n) is 4.28. The predicted octanol–water partition coefficient (Wildman–Crippen LogP) is 3.90. The number of nitrogens with one attached hydrogen (secondary N) is 2. The molecule has 0 bridgehead atoms. The number of hydrogen-bond donors (Lipinski definition) is 2. The first kappa shape index (κ1) is 25.9. The normalized spacial score (nSPS) is 15.1. The minimum Gasteiger partial charge on any atom is -0.465 e. The first-order chi connectivity index (χ1) is 17.4. The largest absolute Gasteiger partial charge is 0.465 e. The van der Waals surface area contributed by atoms with Crippen LogP contribution in [0.5, 0.6) is 0 Å². The maximum Gasteiger partial charge on any atom is 0.310 e. The van der Waals surface area contributed by atoms with E-state index in [0.29, 0.717) is 32.1 Å². The molecular weight excluding hydrogens is 526 g/mol. The first-order valence-corrected chi connectivity index (χ1v) is 13.1. The number of benzene rings is 1. The lowest BCUT2D eigenvalue weighted by molar-refractivity contribution is -0.154. The van der Waals surface area contributed by atoms with E-state index in [1.165, 1.54) is 0 Å². The van der Waals surface area contributed by atoms with Gasteiger partial charge in [0.1, 0.15) is 5.52 Å². The Hall–Kier alpha value is -3.21. The Morgan fingerprint density at radius 3 is 2.89 bits per heavy atom. The van der Waals surface area contributed by atoms with E-state index in [4.69, 9.17) is 4.74 Å². The number of unbranched alkanes of at least 4 members (excludes halogenated alkanes) is 2. The van der Waals surface area contributed by atoms with Gasteiger partial charge < -0.3 is 19.6 Å². The fourth-order valence-corrected chi connectivity index (χ4v) is 4.83. The molecule has 0 fully saturated rings. The summed E-state index contributed by atoms with van der Waals surface area (Å²) in [5.41, 5.74) is 3.31. The molecule has 0 aliphatic carbocycles. The summed E-state index contributed by atoms with van der Waals surface area (Å²) < 4.78 is 8.24. The number of aromatic nitrogens is 4. The van der Waals surface area contributed by atoms with Crippen molar-refractivity contribution in [3.8, 4) is 0 Å². The molecule has 0 saturated carbocycles. The summed E-state index contributed by atoms with van der Waals surface area (Å²) in [5, 5.41) is 3.27. The number of amides is 1. The number of aryl methyl sites for hydroxylation is 1. The van der Waals surface area contributed by atoms with Crippen LogP contribution in [-0.2, 0) is 27.8 Å². The quantitative estimate of drug-likeness (QED) is 0.288. The third-order valence-electron chi connectivity index (χ3n) is 6.52. The summed E-state index contributed by atoms with van der Waals surface area (Å²) in [5.74, 6) is -1.32. The second-order valence-corrected chi connectivity index (χ2v) is 9.81. The van der Waals surface area contributed by atoms with Gasteiger partial charge in [-0.1, -0.05) is 26.7 Å². The lowest BCUT2D eigenvalue weighted by Crippen LogP contribution is -2.45. The van der Waals surface area contributed by atoms with Crippen LogP contribution in [0.2, 0.25) is 0 Å². The summed E-state index contributed by atoms with van der Waals surface area (Å²) in [7, 11) is 1.88. The van der Waals surface area contributed by atoms with Crippen LogP contribution in [0.4, 0.5) is 5.69 Å². The van der Waals surface area contributed by atoms with Crippen molar-refractivity contribution in [2.24, 2.45) is 23.9 Å². The van der Waals surface area contributed by atoms with Crippen molar-refractivity contribution in [3.63, 3.8) is 0 Å². The molecule has 2 aromatic heterocycles. The van der Waals surface area contributed by atoms with E-state index in [1.807, 2.05) is 23.7 Å². The van der Waals surface area contributed by atoms with Crippen molar-refractivity contribution in [1.29, 1.82) is 0 Å². The highest BCUT2D eigenvalue weighted by atomic mass is 79.9. The van der Waals surface area contributed by atoms with Crippen LogP contribution in [0, 0.1) is 11.8 Å². The number of H-pyrrole nitrogens is 1. The SMILES string of the molecule is CCCCCOC(=O)[C@H](Cc1cncn1C)[C@H](C)C(=O)N1CCN=C1Nc1ccc2[nH]cnc2c1Br. The number of imidazole rings is 2. The number of carbonyl (C=O) groups excluding carboxylic acids is 2. The average molecular weight is 558 g/mol. The number of carbonyl (C=O) groups is 2. The molecule has 0 spiro atoms. The average Bonchev–Trinajstić information content (AvgIpc) is 3.62. The van der Waals surface area contributed by atoms with E-state index in [0.717, 1.165) is 46.1 Å². The minimum atomic E-state index is -0.636. The van der Waals surface area contributed by atoms with Gasteiger partial charge in [0.2, 0.25) is 11.9 Å². The summed E-state index contributed by atoms with van der Waals surface area (Å²) in [6.07, 6.45) is 8.26. The van der Waals surface area contributed by atoms with E-state index in [2.05, 4.69) is 48.1 Å². The summed E-state index contributed by atoms with van der Waals surface area (Å²) in [6, 6.07) is 3.81. The fraction of sp³-hybridized carbons (Fsp3) is 0.480. The van der Waals surface area contributed by atoms with E-state index in [-0.39, 0.29) is 11.9 Å². The Morgan fingerprint density at radius 2 is 2.14 bits per heavy atom. The van der Waals surface area contributed by atoms with Gasteiger partial charge in [0.25, 0.3) is 0 Å². The van der Waals surface area contributed by atoms with Crippen LogP contribution in [-0.4, -0.2) is 62.0 Å². The van der Waals surface area contributed by atoms with E-state index >= 15 is 0 Å². The van der Waals surface area contributed by atoms with Gasteiger partial charge in [0.05, 0.1) is 47.4 Å². The topological polar surface area (TPSA) is 117 Å². The van der Waals surface area contributed by atoms with Crippen molar-refractivity contribution in [1.82, 2.24) is 24.4 Å². The molecule has 192 valence electrons. The number of guanidine groups is 1. The number of halogens is 1. The van der Waals surface area contributed by atoms with Crippen LogP contribution < -0.4 is 5.32 Å². The van der Waals surface area contributed by atoms with E-state index in [9.17, 15) is 9.59 Å². The molecular formula is C25H32BrN7O3. The first-order valence-electron chi connectivity index (χ1n) is 12.3. The number of hydrogen-bond acceptors (Lipinski definition) is 7. The monoisotopic (exact) mass is 557 g/mol. The zero-order chi connectivity index (χ0) is 25.7. The summed E-state index contributed by atoms with van der Waals surface area (Å²) >= 11 is 3.60. The molecule has 2 atom stereocenters. The number of nitrogens with zero attached hydrogens (tertiary/aromatic N) is 5. The van der Waals surface area contributed by atoms with Crippen molar-refractivity contribution in [2.45, 2.75) is 39.5 Å². The van der Waals surface area contributed by atoms with Gasteiger partial charge in [-0.05, 0) is 34.5 Å². The molecule has 1 aliphatic rings. The van der Waals surface area contributed by atoms with Crippen molar-refractivity contribution in [2.75, 3.05) is 25.0 Å². The zero-order valence-corrected chi connectivity index (χ0v) is 22.4. The molecule has 1 aliphatic heterocycles. The molecule has 0 saturated heterocycles. The van der Waals surface area contributed by atoms with Crippen LogP contribution in [0.25, 0.3) is 11.0 Å². The molecule has 10 nitrogen and oxygen atoms in total. The molecule has 11 heteroatoms. The Bertz CT molecular complexity index is 1250. The highest BCUT2D eigenvalue weighted by Crippen LogP contribution is 2.30.